The molecule has 0 radical (unpaired) electrons. The van der Waals surface area contributed by atoms with Gasteiger partial charge in [0, 0.05) is 11.5 Å². The third kappa shape index (κ3) is 2.44. The van der Waals surface area contributed by atoms with Gasteiger partial charge in [0.2, 0.25) is 0 Å². The number of thioether (sulfide) groups is 2. The van der Waals surface area contributed by atoms with E-state index >= 15 is 0 Å². The van der Waals surface area contributed by atoms with Crippen molar-refractivity contribution in [3.8, 4) is 0 Å². The molecule has 2 aliphatic rings. The predicted molar refractivity (Wildman–Crippen MR) is 73.4 cm³/mol. The van der Waals surface area contributed by atoms with Crippen LogP contribution in [0.2, 0.25) is 0 Å². The molecule has 2 fully saturated rings. The Hall–Kier alpha value is 1.13. The summed E-state index contributed by atoms with van der Waals surface area (Å²) >= 11 is 4.48. The zero-order valence-electron chi connectivity index (χ0n) is 9.64. The molecule has 2 heterocycles. The van der Waals surface area contributed by atoms with E-state index in [9.17, 15) is 0 Å². The summed E-state index contributed by atoms with van der Waals surface area (Å²) in [7, 11) is 1.13. The van der Waals surface area contributed by atoms with Gasteiger partial charge in [0.25, 0.3) is 0 Å². The molecule has 2 aliphatic heterocycles. The lowest BCUT2D eigenvalue weighted by Crippen LogP contribution is -2.42. The van der Waals surface area contributed by atoms with E-state index in [-0.39, 0.29) is 0 Å². The molecule has 0 nitrogen and oxygen atoms in total. The summed E-state index contributed by atoms with van der Waals surface area (Å²) in [5, 5.41) is 1.15. The minimum absolute atomic E-state index is 0.575. The van der Waals surface area contributed by atoms with Crippen LogP contribution in [0.1, 0.15) is 40.5 Å². The lowest BCUT2D eigenvalue weighted by atomic mass is 9.96. The molecular formula is C11H21PS2. The van der Waals surface area contributed by atoms with Gasteiger partial charge in [0.1, 0.15) is 0 Å². The van der Waals surface area contributed by atoms with E-state index in [0.717, 1.165) is 8.58 Å². The first-order valence-electron chi connectivity index (χ1n) is 5.40. The quantitative estimate of drug-likeness (QED) is 0.589. The van der Waals surface area contributed by atoms with Gasteiger partial charge in [0.05, 0.1) is 4.08 Å². The van der Waals surface area contributed by atoms with Gasteiger partial charge in [-0.3, -0.25) is 0 Å². The van der Waals surface area contributed by atoms with E-state index in [0.29, 0.717) is 14.4 Å². The van der Waals surface area contributed by atoms with Gasteiger partial charge >= 0.3 is 0 Å². The average molecular weight is 248 g/mol. The second kappa shape index (κ2) is 3.57. The maximum absolute atomic E-state index is 2.47. The van der Waals surface area contributed by atoms with Crippen molar-refractivity contribution in [3.63, 3.8) is 0 Å². The third-order valence-electron chi connectivity index (χ3n) is 2.91. The van der Waals surface area contributed by atoms with Gasteiger partial charge < -0.3 is 0 Å². The van der Waals surface area contributed by atoms with Gasteiger partial charge in [-0.05, 0) is 23.2 Å². The number of hydrogen-bond donors (Lipinski definition) is 0. The Morgan fingerprint density at radius 2 is 1.29 bits per heavy atom. The van der Waals surface area contributed by atoms with Crippen LogP contribution in [-0.4, -0.2) is 25.9 Å². The van der Waals surface area contributed by atoms with Crippen LogP contribution >= 0.6 is 32.1 Å². The highest BCUT2D eigenvalue weighted by Gasteiger charge is 2.49. The number of hydrogen-bond acceptors (Lipinski definition) is 2. The topological polar surface area (TPSA) is 0 Å². The van der Waals surface area contributed by atoms with Crippen molar-refractivity contribution in [1.29, 1.82) is 0 Å². The van der Waals surface area contributed by atoms with Gasteiger partial charge in [-0.2, -0.15) is 0 Å². The van der Waals surface area contributed by atoms with Crippen LogP contribution in [0, 0.1) is 0 Å². The fourth-order valence-electron chi connectivity index (χ4n) is 3.11. The van der Waals surface area contributed by atoms with E-state index in [1.807, 2.05) is 0 Å². The first-order chi connectivity index (χ1) is 6.33. The van der Waals surface area contributed by atoms with E-state index in [4.69, 9.17) is 0 Å². The maximum atomic E-state index is 2.47. The van der Waals surface area contributed by atoms with Crippen molar-refractivity contribution < 1.29 is 0 Å². The number of rotatable bonds is 0. The molecule has 0 saturated carbocycles. The highest BCUT2D eigenvalue weighted by Crippen LogP contribution is 2.64. The molecule has 0 aromatic rings. The standard InChI is InChI=1S/C11H21PS2/c1-9(2)7-11(13-5-6-14-11)8-10(3,4)12-9/h12H,5-8H2,1-4H3. The molecule has 0 unspecified atom stereocenters. The molecule has 0 aromatic heterocycles. The molecule has 14 heavy (non-hydrogen) atoms. The van der Waals surface area contributed by atoms with Crippen LogP contribution in [0.3, 0.4) is 0 Å². The van der Waals surface area contributed by atoms with Crippen LogP contribution in [0.25, 0.3) is 0 Å². The molecule has 2 rings (SSSR count). The van der Waals surface area contributed by atoms with Crippen LogP contribution in [0.4, 0.5) is 0 Å². The highest BCUT2D eigenvalue weighted by atomic mass is 32.2. The molecule has 82 valence electrons. The molecular weight excluding hydrogens is 227 g/mol. The van der Waals surface area contributed by atoms with Crippen molar-refractivity contribution in [2.45, 2.75) is 54.9 Å². The molecule has 1 spiro atoms. The zero-order valence-corrected chi connectivity index (χ0v) is 12.3. The molecule has 0 amide bonds. The van der Waals surface area contributed by atoms with Crippen LogP contribution in [-0.2, 0) is 0 Å². The van der Waals surface area contributed by atoms with E-state index in [2.05, 4.69) is 51.2 Å². The molecule has 2 saturated heterocycles. The summed E-state index contributed by atoms with van der Waals surface area (Å²) in [6.07, 6.45) is 2.86. The van der Waals surface area contributed by atoms with E-state index in [1.54, 1.807) is 0 Å². The summed E-state index contributed by atoms with van der Waals surface area (Å²) in [5.41, 5.74) is 0. The maximum Gasteiger partial charge on any atom is 0.0628 e. The minimum atomic E-state index is 0.575. The van der Waals surface area contributed by atoms with E-state index < -0.39 is 0 Å². The fraction of sp³-hybridized carbons (Fsp3) is 1.00. The third-order valence-corrected chi connectivity index (χ3v) is 8.03. The lowest BCUT2D eigenvalue weighted by molar-refractivity contribution is 0.466. The van der Waals surface area contributed by atoms with Crippen molar-refractivity contribution >= 4 is 32.1 Å². The normalized spacial score (nSPS) is 33.4. The summed E-state index contributed by atoms with van der Waals surface area (Å²) in [4.78, 5) is 0. The van der Waals surface area contributed by atoms with Gasteiger partial charge in [0.15, 0.2) is 0 Å². The van der Waals surface area contributed by atoms with E-state index in [1.165, 1.54) is 24.3 Å². The Morgan fingerprint density at radius 3 is 1.71 bits per heavy atom. The lowest BCUT2D eigenvalue weighted by Gasteiger charge is -2.49. The average Bonchev–Trinajstić information content (AvgIpc) is 2.27. The van der Waals surface area contributed by atoms with Crippen molar-refractivity contribution in [2.24, 2.45) is 0 Å². The molecule has 0 bridgehead atoms. The van der Waals surface area contributed by atoms with Crippen molar-refractivity contribution in [1.82, 2.24) is 0 Å². The van der Waals surface area contributed by atoms with Crippen LogP contribution < -0.4 is 0 Å². The fourth-order valence-corrected chi connectivity index (χ4v) is 10.3. The SMILES string of the molecule is CC1(C)CC2(CC(C)(C)P1)SCCS2. The summed E-state index contributed by atoms with van der Waals surface area (Å²) < 4.78 is 0.582. The monoisotopic (exact) mass is 248 g/mol. The Bertz CT molecular complexity index is 211. The summed E-state index contributed by atoms with van der Waals surface area (Å²) in [5.74, 6) is 2.75. The second-order valence-corrected chi connectivity index (χ2v) is 12.0. The Kier molecular flexibility index (Phi) is 2.96. The van der Waals surface area contributed by atoms with Gasteiger partial charge in [-0.25, -0.2) is 0 Å². The predicted octanol–water partition coefficient (Wildman–Crippen LogP) is 4.19. The van der Waals surface area contributed by atoms with Gasteiger partial charge in [-0.15, -0.1) is 32.1 Å². The van der Waals surface area contributed by atoms with Crippen molar-refractivity contribution in [2.75, 3.05) is 11.5 Å². The first-order valence-corrected chi connectivity index (χ1v) is 8.37. The first kappa shape index (κ1) is 11.6. The zero-order chi connectivity index (χ0) is 10.4. The van der Waals surface area contributed by atoms with Crippen LogP contribution in [0.15, 0.2) is 0 Å². The Balaban J connectivity index is 2.20. The highest BCUT2D eigenvalue weighted by molar-refractivity contribution is 8.21. The summed E-state index contributed by atoms with van der Waals surface area (Å²) in [6.45, 7) is 9.86. The molecule has 0 N–H and O–H groups in total. The second-order valence-electron chi connectivity index (χ2n) is 5.85. The minimum Gasteiger partial charge on any atom is -0.143 e. The van der Waals surface area contributed by atoms with Gasteiger partial charge in [-0.1, -0.05) is 27.7 Å². The van der Waals surface area contributed by atoms with Crippen molar-refractivity contribution in [3.05, 3.63) is 0 Å². The largest absolute Gasteiger partial charge is 0.143 e. The molecule has 0 aromatic carbocycles. The Morgan fingerprint density at radius 1 is 0.857 bits per heavy atom. The molecule has 0 aliphatic carbocycles. The smallest absolute Gasteiger partial charge is 0.0628 e. The molecule has 3 heteroatoms. The van der Waals surface area contributed by atoms with Crippen LogP contribution in [0.5, 0.6) is 0 Å². The molecule has 0 atom stereocenters. The Labute approximate surface area is 98.5 Å². The summed E-state index contributed by atoms with van der Waals surface area (Å²) in [6, 6.07) is 0.